The SMILES string of the molecule is N#Cc1ccc(C2(c3ccc(C#N)cc3)OC(=O)c3ccccc32)cc1. The van der Waals surface area contributed by atoms with Crippen molar-refractivity contribution in [3.05, 3.63) is 106 Å². The van der Waals surface area contributed by atoms with E-state index in [1.54, 1.807) is 60.7 Å². The van der Waals surface area contributed by atoms with Crippen molar-refractivity contribution in [2.24, 2.45) is 0 Å². The number of rotatable bonds is 2. The van der Waals surface area contributed by atoms with E-state index >= 15 is 0 Å². The number of nitriles is 2. The van der Waals surface area contributed by atoms with E-state index in [1.807, 2.05) is 12.1 Å². The van der Waals surface area contributed by atoms with Crippen LogP contribution in [0.2, 0.25) is 0 Å². The predicted octanol–water partition coefficient (Wildman–Crippen LogP) is 3.89. The zero-order valence-electron chi connectivity index (χ0n) is 13.6. The summed E-state index contributed by atoms with van der Waals surface area (Å²) >= 11 is 0. The maximum atomic E-state index is 12.5. The zero-order valence-corrected chi connectivity index (χ0v) is 13.6. The van der Waals surface area contributed by atoms with Crippen molar-refractivity contribution in [3.8, 4) is 12.1 Å². The maximum absolute atomic E-state index is 12.5. The molecule has 4 nitrogen and oxygen atoms in total. The molecule has 4 rings (SSSR count). The lowest BCUT2D eigenvalue weighted by atomic mass is 9.79. The van der Waals surface area contributed by atoms with Gasteiger partial charge in [-0.3, -0.25) is 0 Å². The summed E-state index contributed by atoms with van der Waals surface area (Å²) < 4.78 is 5.93. The van der Waals surface area contributed by atoms with Crippen LogP contribution in [0.25, 0.3) is 0 Å². The molecule has 3 aromatic carbocycles. The molecule has 0 radical (unpaired) electrons. The average molecular weight is 336 g/mol. The van der Waals surface area contributed by atoms with Crippen LogP contribution in [-0.2, 0) is 10.3 Å². The summed E-state index contributed by atoms with van der Waals surface area (Å²) in [6, 6.07) is 25.5. The molecule has 0 atom stereocenters. The Hall–Kier alpha value is -3.89. The van der Waals surface area contributed by atoms with Crippen molar-refractivity contribution in [2.75, 3.05) is 0 Å². The van der Waals surface area contributed by atoms with Crippen LogP contribution < -0.4 is 0 Å². The van der Waals surface area contributed by atoms with Gasteiger partial charge in [0.25, 0.3) is 0 Å². The second-order valence-corrected chi connectivity index (χ2v) is 5.99. The van der Waals surface area contributed by atoms with Crippen molar-refractivity contribution >= 4 is 5.97 Å². The van der Waals surface area contributed by atoms with Crippen LogP contribution in [0.3, 0.4) is 0 Å². The van der Waals surface area contributed by atoms with Gasteiger partial charge in [0, 0.05) is 16.7 Å². The van der Waals surface area contributed by atoms with E-state index in [0.717, 1.165) is 16.7 Å². The summed E-state index contributed by atoms with van der Waals surface area (Å²) in [5.74, 6) is -0.394. The minimum Gasteiger partial charge on any atom is -0.441 e. The minimum absolute atomic E-state index is 0.394. The second-order valence-electron chi connectivity index (χ2n) is 5.99. The van der Waals surface area contributed by atoms with Gasteiger partial charge in [-0.2, -0.15) is 10.5 Å². The summed E-state index contributed by atoms with van der Waals surface area (Å²) in [5.41, 5.74) is 2.72. The number of nitrogens with zero attached hydrogens (tertiary/aromatic N) is 2. The number of esters is 1. The molecule has 0 spiro atoms. The van der Waals surface area contributed by atoms with Gasteiger partial charge >= 0.3 is 5.97 Å². The third-order valence-corrected chi connectivity index (χ3v) is 4.61. The molecular formula is C22H12N2O2. The number of fused-ring (bicyclic) bond motifs is 1. The average Bonchev–Trinajstić information content (AvgIpc) is 3.02. The van der Waals surface area contributed by atoms with Crippen molar-refractivity contribution in [3.63, 3.8) is 0 Å². The number of carbonyl (C=O) groups is 1. The van der Waals surface area contributed by atoms with E-state index in [4.69, 9.17) is 15.3 Å². The molecule has 0 saturated carbocycles. The first kappa shape index (κ1) is 15.6. The highest BCUT2D eigenvalue weighted by atomic mass is 16.6. The largest absolute Gasteiger partial charge is 0.441 e. The van der Waals surface area contributed by atoms with Gasteiger partial charge < -0.3 is 4.74 Å². The van der Waals surface area contributed by atoms with Crippen LogP contribution in [0.15, 0.2) is 72.8 Å². The van der Waals surface area contributed by atoms with Crippen LogP contribution in [0, 0.1) is 22.7 Å². The van der Waals surface area contributed by atoms with Gasteiger partial charge in [-0.1, -0.05) is 42.5 Å². The monoisotopic (exact) mass is 336 g/mol. The van der Waals surface area contributed by atoms with Crippen molar-refractivity contribution in [1.82, 2.24) is 0 Å². The van der Waals surface area contributed by atoms with Crippen LogP contribution in [0.5, 0.6) is 0 Å². The lowest BCUT2D eigenvalue weighted by molar-refractivity contribution is 0.0251. The van der Waals surface area contributed by atoms with E-state index in [-0.39, 0.29) is 0 Å². The number of hydrogen-bond acceptors (Lipinski definition) is 4. The van der Waals surface area contributed by atoms with Gasteiger partial charge in [-0.15, -0.1) is 0 Å². The Morgan fingerprint density at radius 1 is 0.731 bits per heavy atom. The number of benzene rings is 3. The molecule has 4 heteroatoms. The van der Waals surface area contributed by atoms with E-state index in [2.05, 4.69) is 12.1 Å². The fourth-order valence-corrected chi connectivity index (χ4v) is 3.37. The quantitative estimate of drug-likeness (QED) is 0.665. The Bertz CT molecular complexity index is 1030. The lowest BCUT2D eigenvalue weighted by Crippen LogP contribution is -2.29. The summed E-state index contributed by atoms with van der Waals surface area (Å²) in [5, 5.41) is 18.1. The lowest BCUT2D eigenvalue weighted by Gasteiger charge is -2.30. The van der Waals surface area contributed by atoms with Gasteiger partial charge in [0.05, 0.1) is 28.8 Å². The Kier molecular flexibility index (Phi) is 3.53. The summed E-state index contributed by atoms with van der Waals surface area (Å²) in [4.78, 5) is 12.5. The Balaban J connectivity index is 2.00. The van der Waals surface area contributed by atoms with Gasteiger partial charge in [0.15, 0.2) is 5.60 Å². The van der Waals surface area contributed by atoms with Crippen molar-refractivity contribution < 1.29 is 9.53 Å². The molecule has 1 aliphatic heterocycles. The first-order valence-corrected chi connectivity index (χ1v) is 8.03. The van der Waals surface area contributed by atoms with E-state index in [0.29, 0.717) is 16.7 Å². The number of carbonyl (C=O) groups excluding carboxylic acids is 1. The molecule has 0 unspecified atom stereocenters. The van der Waals surface area contributed by atoms with Gasteiger partial charge in [0.1, 0.15) is 0 Å². The van der Waals surface area contributed by atoms with Crippen molar-refractivity contribution in [2.45, 2.75) is 5.60 Å². The third kappa shape index (κ3) is 2.17. The highest BCUT2D eigenvalue weighted by molar-refractivity contribution is 5.96. The van der Waals surface area contributed by atoms with Crippen LogP contribution >= 0.6 is 0 Å². The molecule has 122 valence electrons. The molecule has 0 aliphatic carbocycles. The van der Waals surface area contributed by atoms with E-state index in [1.165, 1.54) is 0 Å². The molecule has 1 aliphatic rings. The number of ether oxygens (including phenoxy) is 1. The molecule has 0 N–H and O–H groups in total. The molecule has 0 aromatic heterocycles. The molecule has 0 bridgehead atoms. The van der Waals surface area contributed by atoms with E-state index < -0.39 is 11.6 Å². The fourth-order valence-electron chi connectivity index (χ4n) is 3.37. The predicted molar refractivity (Wildman–Crippen MR) is 94.1 cm³/mol. The van der Waals surface area contributed by atoms with Crippen LogP contribution in [0.1, 0.15) is 38.2 Å². The molecule has 26 heavy (non-hydrogen) atoms. The Morgan fingerprint density at radius 2 is 1.23 bits per heavy atom. The molecule has 0 fully saturated rings. The maximum Gasteiger partial charge on any atom is 0.340 e. The third-order valence-electron chi connectivity index (χ3n) is 4.61. The minimum atomic E-state index is -1.10. The normalized spacial score (nSPS) is 14.0. The first-order valence-electron chi connectivity index (χ1n) is 8.03. The second kappa shape index (κ2) is 5.88. The Labute approximate surface area is 150 Å². The number of hydrogen-bond donors (Lipinski definition) is 0. The first-order chi connectivity index (χ1) is 12.7. The summed E-state index contributed by atoms with van der Waals surface area (Å²) in [6.45, 7) is 0. The summed E-state index contributed by atoms with van der Waals surface area (Å²) in [7, 11) is 0. The standard InChI is InChI=1S/C22H12N2O2/c23-13-15-5-9-17(10-6-15)22(18-11-7-16(14-24)8-12-18)20-4-2-1-3-19(20)21(25)26-22/h1-12H. The van der Waals surface area contributed by atoms with Crippen LogP contribution in [-0.4, -0.2) is 5.97 Å². The van der Waals surface area contributed by atoms with Crippen molar-refractivity contribution in [1.29, 1.82) is 10.5 Å². The molecule has 0 amide bonds. The van der Waals surface area contributed by atoms with E-state index in [9.17, 15) is 4.79 Å². The topological polar surface area (TPSA) is 73.9 Å². The zero-order chi connectivity index (χ0) is 18.1. The van der Waals surface area contributed by atoms with Gasteiger partial charge in [-0.05, 0) is 30.3 Å². The smallest absolute Gasteiger partial charge is 0.340 e. The molecule has 1 heterocycles. The van der Waals surface area contributed by atoms with Crippen LogP contribution in [0.4, 0.5) is 0 Å². The van der Waals surface area contributed by atoms with Gasteiger partial charge in [-0.25, -0.2) is 4.79 Å². The highest BCUT2D eigenvalue weighted by Gasteiger charge is 2.48. The van der Waals surface area contributed by atoms with Gasteiger partial charge in [0.2, 0.25) is 0 Å². The molecule has 3 aromatic rings. The summed E-state index contributed by atoms with van der Waals surface area (Å²) in [6.07, 6.45) is 0. The molecule has 0 saturated heterocycles. The Morgan fingerprint density at radius 3 is 1.73 bits per heavy atom. The number of cyclic esters (lactones) is 1. The highest BCUT2D eigenvalue weighted by Crippen LogP contribution is 2.46. The fraction of sp³-hybridized carbons (Fsp3) is 0.0455. The molecular weight excluding hydrogens is 324 g/mol.